The van der Waals surface area contributed by atoms with Crippen molar-refractivity contribution < 1.29 is 19.4 Å². The Morgan fingerprint density at radius 2 is 1.83 bits per heavy atom. The van der Waals surface area contributed by atoms with Crippen LogP contribution in [0.2, 0.25) is 0 Å². The summed E-state index contributed by atoms with van der Waals surface area (Å²) in [5.74, 6) is -0.298. The molecule has 1 unspecified atom stereocenters. The van der Waals surface area contributed by atoms with Gasteiger partial charge in [-0.15, -0.1) is 12.4 Å². The van der Waals surface area contributed by atoms with Crippen molar-refractivity contribution in [3.05, 3.63) is 53.6 Å². The average Bonchev–Trinajstić information content (AvgIpc) is 2.67. The van der Waals surface area contributed by atoms with E-state index in [1.165, 1.54) is 0 Å². The summed E-state index contributed by atoms with van der Waals surface area (Å²) >= 11 is 0. The number of halogens is 1. The van der Waals surface area contributed by atoms with Gasteiger partial charge in [-0.05, 0) is 63.0 Å². The molecule has 0 aromatic heterocycles. The van der Waals surface area contributed by atoms with Gasteiger partial charge in [-0.25, -0.2) is 0 Å². The molecule has 2 aromatic carbocycles. The Hall–Kier alpha value is -2.97. The maximum Gasteiger partial charge on any atom is 0.161 e. The standard InChI is InChI=1S/C21H28N4O4.ClH/c1-4-28-18-13-15(7-10-17(18)29-12-11-25(2)3)19(21(26)27)24-16-8-5-14(6-9-16)20(22)23;/h5-10,13,19,24H,4,11-12H2,1-3H3,(H3,22,23)(H,26,27);1H/p-1. The van der Waals surface area contributed by atoms with E-state index in [1.54, 1.807) is 42.5 Å². The number of nitrogens with two attached hydrogens (primary N) is 1. The number of hydrogen-bond acceptors (Lipinski definition) is 7. The van der Waals surface area contributed by atoms with Crippen molar-refractivity contribution in [2.75, 3.05) is 39.2 Å². The molecule has 0 saturated carbocycles. The Kier molecular flexibility index (Phi) is 9.94. The smallest absolute Gasteiger partial charge is 0.161 e. The Morgan fingerprint density at radius 3 is 2.37 bits per heavy atom. The molecule has 0 spiro atoms. The summed E-state index contributed by atoms with van der Waals surface area (Å²) < 4.78 is 11.4. The highest BCUT2D eigenvalue weighted by Gasteiger charge is 2.16. The number of ether oxygens (including phenoxy) is 2. The van der Waals surface area contributed by atoms with Gasteiger partial charge in [-0.3, -0.25) is 5.41 Å². The highest BCUT2D eigenvalue weighted by Crippen LogP contribution is 2.32. The van der Waals surface area contributed by atoms with Gasteiger partial charge in [-0.1, -0.05) is 6.07 Å². The van der Waals surface area contributed by atoms with E-state index in [4.69, 9.17) is 20.6 Å². The van der Waals surface area contributed by atoms with Crippen LogP contribution in [0.25, 0.3) is 0 Å². The highest BCUT2D eigenvalue weighted by molar-refractivity contribution is 5.95. The molecule has 0 heterocycles. The molecule has 8 nitrogen and oxygen atoms in total. The number of carboxylic acids is 1. The molecule has 9 heteroatoms. The topological polar surface area (TPSA) is 124 Å². The monoisotopic (exact) mass is 435 g/mol. The second kappa shape index (κ2) is 11.9. The lowest BCUT2D eigenvalue weighted by Crippen LogP contribution is -2.34. The number of benzene rings is 2. The van der Waals surface area contributed by atoms with Crippen LogP contribution in [0.4, 0.5) is 5.69 Å². The van der Waals surface area contributed by atoms with Gasteiger partial charge in [0.2, 0.25) is 0 Å². The van der Waals surface area contributed by atoms with E-state index in [1.807, 2.05) is 25.9 Å². The Balaban J connectivity index is 0.00000450. The van der Waals surface area contributed by atoms with Crippen LogP contribution in [-0.2, 0) is 4.79 Å². The number of aliphatic carboxylic acids is 1. The lowest BCUT2D eigenvalue weighted by atomic mass is 10.1. The fraction of sp³-hybridized carbons (Fsp3) is 0.333. The Bertz CT molecular complexity index is 843. The molecule has 0 aliphatic carbocycles. The summed E-state index contributed by atoms with van der Waals surface area (Å²) in [6, 6.07) is 10.5. The van der Waals surface area contributed by atoms with Gasteiger partial charge in [0.15, 0.2) is 11.5 Å². The second-order valence-electron chi connectivity index (χ2n) is 6.68. The number of rotatable bonds is 11. The third-order valence-corrected chi connectivity index (χ3v) is 4.14. The molecule has 0 aliphatic heterocycles. The fourth-order valence-electron chi connectivity index (χ4n) is 2.62. The van der Waals surface area contributed by atoms with E-state index >= 15 is 0 Å². The first-order valence-corrected chi connectivity index (χ1v) is 9.28. The molecule has 164 valence electrons. The number of nitrogens with zero attached hydrogens (tertiary/aromatic N) is 1. The van der Waals surface area contributed by atoms with Gasteiger partial charge < -0.3 is 35.3 Å². The van der Waals surface area contributed by atoms with Gasteiger partial charge >= 0.3 is 0 Å². The van der Waals surface area contributed by atoms with E-state index < -0.39 is 12.0 Å². The number of likely N-dealkylation sites (N-methyl/N-ethyl adjacent to an activating group) is 1. The lowest BCUT2D eigenvalue weighted by Gasteiger charge is -2.23. The van der Waals surface area contributed by atoms with Crippen molar-refractivity contribution in [3.8, 4) is 11.5 Å². The van der Waals surface area contributed by atoms with Crippen LogP contribution in [0.15, 0.2) is 42.5 Å². The quantitative estimate of drug-likeness (QED) is 0.362. The first-order valence-electron chi connectivity index (χ1n) is 9.28. The van der Waals surface area contributed by atoms with Crippen molar-refractivity contribution >= 4 is 29.9 Å². The van der Waals surface area contributed by atoms with Crippen molar-refractivity contribution in [1.82, 2.24) is 4.90 Å². The molecular formula is C21H28ClN4O4-. The summed E-state index contributed by atoms with van der Waals surface area (Å²) in [5.41, 5.74) is 7.04. The largest absolute Gasteiger partial charge is 0.548 e. The predicted molar refractivity (Wildman–Crippen MR) is 118 cm³/mol. The van der Waals surface area contributed by atoms with E-state index in [-0.39, 0.29) is 18.2 Å². The lowest BCUT2D eigenvalue weighted by molar-refractivity contribution is -0.307. The van der Waals surface area contributed by atoms with Crippen LogP contribution >= 0.6 is 12.4 Å². The van der Waals surface area contributed by atoms with Crippen LogP contribution < -0.4 is 25.6 Å². The third kappa shape index (κ3) is 7.13. The number of amidine groups is 1. The number of hydrogen-bond donors (Lipinski definition) is 3. The molecule has 1 atom stereocenters. The number of carbonyl (C=O) groups is 1. The second-order valence-corrected chi connectivity index (χ2v) is 6.68. The molecular weight excluding hydrogens is 408 g/mol. The molecule has 0 fully saturated rings. The third-order valence-electron chi connectivity index (χ3n) is 4.14. The van der Waals surface area contributed by atoms with Crippen molar-refractivity contribution in [1.29, 1.82) is 5.41 Å². The zero-order valence-electron chi connectivity index (χ0n) is 17.3. The first kappa shape index (κ1) is 25.1. The summed E-state index contributed by atoms with van der Waals surface area (Å²) in [6.07, 6.45) is 0. The van der Waals surface area contributed by atoms with Gasteiger partial charge in [0.25, 0.3) is 0 Å². The summed E-state index contributed by atoms with van der Waals surface area (Å²) in [6.45, 7) is 3.49. The average molecular weight is 436 g/mol. The molecule has 0 radical (unpaired) electrons. The van der Waals surface area contributed by atoms with E-state index in [2.05, 4.69) is 5.32 Å². The fourth-order valence-corrected chi connectivity index (χ4v) is 2.62. The van der Waals surface area contributed by atoms with Crippen molar-refractivity contribution in [3.63, 3.8) is 0 Å². The van der Waals surface area contributed by atoms with E-state index in [0.29, 0.717) is 41.5 Å². The molecule has 0 bridgehead atoms. The summed E-state index contributed by atoms with van der Waals surface area (Å²) in [7, 11) is 3.91. The van der Waals surface area contributed by atoms with Gasteiger partial charge in [0.05, 0.1) is 18.6 Å². The highest BCUT2D eigenvalue weighted by atomic mass is 35.5. The van der Waals surface area contributed by atoms with E-state index in [9.17, 15) is 9.90 Å². The number of nitrogen functional groups attached to an aromatic ring is 1. The van der Waals surface area contributed by atoms with Gasteiger partial charge in [-0.2, -0.15) is 0 Å². The number of nitrogens with one attached hydrogen (secondary N) is 2. The molecule has 30 heavy (non-hydrogen) atoms. The van der Waals surface area contributed by atoms with Crippen LogP contribution in [0.3, 0.4) is 0 Å². The molecule has 0 aliphatic rings. The van der Waals surface area contributed by atoms with Gasteiger partial charge in [0.1, 0.15) is 12.4 Å². The molecule has 4 N–H and O–H groups in total. The minimum atomic E-state index is -1.27. The Morgan fingerprint density at radius 1 is 1.17 bits per heavy atom. The Labute approximate surface area is 182 Å². The van der Waals surface area contributed by atoms with Crippen LogP contribution in [0.1, 0.15) is 24.1 Å². The molecule has 2 rings (SSSR count). The van der Waals surface area contributed by atoms with Crippen molar-refractivity contribution in [2.45, 2.75) is 13.0 Å². The van der Waals surface area contributed by atoms with Crippen LogP contribution in [0, 0.1) is 5.41 Å². The zero-order chi connectivity index (χ0) is 21.4. The maximum absolute atomic E-state index is 11.8. The predicted octanol–water partition coefficient (Wildman–Crippen LogP) is 1.63. The zero-order valence-corrected chi connectivity index (χ0v) is 18.1. The van der Waals surface area contributed by atoms with Crippen molar-refractivity contribution in [2.24, 2.45) is 5.73 Å². The van der Waals surface area contributed by atoms with Gasteiger partial charge in [0, 0.05) is 17.8 Å². The van der Waals surface area contributed by atoms with Crippen LogP contribution in [-0.4, -0.2) is 50.6 Å². The molecule has 0 saturated heterocycles. The SMILES string of the molecule is CCOc1cc(C(Nc2ccc(C(=N)N)cc2)C(=O)[O-])ccc1OCCN(C)C.Cl. The van der Waals surface area contributed by atoms with Crippen LogP contribution in [0.5, 0.6) is 11.5 Å². The number of carbonyl (C=O) groups excluding carboxylic acids is 1. The number of carboxylic acid groups (broad SMARTS) is 1. The summed E-state index contributed by atoms with van der Waals surface area (Å²) in [5, 5.41) is 22.1. The number of anilines is 1. The maximum atomic E-state index is 11.8. The molecule has 0 amide bonds. The first-order chi connectivity index (χ1) is 13.8. The minimum absolute atomic E-state index is 0. The van der Waals surface area contributed by atoms with E-state index in [0.717, 1.165) is 6.54 Å². The normalized spacial score (nSPS) is 11.3. The minimum Gasteiger partial charge on any atom is -0.548 e. The summed E-state index contributed by atoms with van der Waals surface area (Å²) in [4.78, 5) is 13.8. The molecule has 2 aromatic rings.